The highest BCUT2D eigenvalue weighted by Crippen LogP contribution is 2.29. The molecule has 0 aliphatic carbocycles. The first kappa shape index (κ1) is 16.8. The number of rotatable bonds is 9. The zero-order valence-electron chi connectivity index (χ0n) is 12.7. The second kappa shape index (κ2) is 8.79. The molecule has 0 radical (unpaired) electrons. The lowest BCUT2D eigenvalue weighted by atomic mass is 10.1. The topological polar surface area (TPSA) is 60.0 Å². The van der Waals surface area contributed by atoms with Gasteiger partial charge in [-0.3, -0.25) is 0 Å². The summed E-state index contributed by atoms with van der Waals surface area (Å²) in [6.45, 7) is 4.04. The van der Waals surface area contributed by atoms with E-state index in [0.29, 0.717) is 30.6 Å². The van der Waals surface area contributed by atoms with Gasteiger partial charge in [0, 0.05) is 32.4 Å². The number of hydrogen-bond donors (Lipinski definition) is 2. The van der Waals surface area contributed by atoms with Gasteiger partial charge >= 0.3 is 0 Å². The number of hydrogen-bond acceptors (Lipinski definition) is 5. The minimum Gasteiger partial charge on any atom is -0.497 e. The van der Waals surface area contributed by atoms with Crippen molar-refractivity contribution in [3.05, 3.63) is 23.8 Å². The van der Waals surface area contributed by atoms with Crippen molar-refractivity contribution in [2.45, 2.75) is 13.0 Å². The second-order valence-corrected chi connectivity index (χ2v) is 4.84. The van der Waals surface area contributed by atoms with E-state index >= 15 is 0 Å². The van der Waals surface area contributed by atoms with Crippen LogP contribution in [0.25, 0.3) is 0 Å². The van der Waals surface area contributed by atoms with Gasteiger partial charge in [0.2, 0.25) is 0 Å². The summed E-state index contributed by atoms with van der Waals surface area (Å²) in [5.41, 5.74) is 0.721. The predicted molar refractivity (Wildman–Crippen MR) is 78.4 cm³/mol. The Hall–Kier alpha value is -1.30. The average molecular weight is 283 g/mol. The molecule has 0 fully saturated rings. The van der Waals surface area contributed by atoms with Crippen LogP contribution in [-0.2, 0) is 4.74 Å². The van der Waals surface area contributed by atoms with Crippen molar-refractivity contribution in [1.82, 2.24) is 5.32 Å². The summed E-state index contributed by atoms with van der Waals surface area (Å²) in [5.74, 6) is 1.76. The van der Waals surface area contributed by atoms with Gasteiger partial charge in [-0.15, -0.1) is 0 Å². The van der Waals surface area contributed by atoms with Crippen molar-refractivity contribution in [3.63, 3.8) is 0 Å². The molecule has 0 spiro atoms. The number of aliphatic hydroxyl groups excluding tert-OH is 1. The van der Waals surface area contributed by atoms with E-state index in [1.807, 2.05) is 6.07 Å². The molecule has 0 saturated carbocycles. The van der Waals surface area contributed by atoms with E-state index in [4.69, 9.17) is 14.2 Å². The summed E-state index contributed by atoms with van der Waals surface area (Å²) in [6, 6.07) is 5.40. The van der Waals surface area contributed by atoms with Crippen LogP contribution in [0.15, 0.2) is 18.2 Å². The molecule has 1 aromatic rings. The number of aliphatic hydroxyl groups is 1. The molecule has 5 nitrogen and oxygen atoms in total. The highest BCUT2D eigenvalue weighted by atomic mass is 16.5. The second-order valence-electron chi connectivity index (χ2n) is 4.84. The quantitative estimate of drug-likeness (QED) is 0.721. The molecule has 1 rings (SSSR count). The highest BCUT2D eigenvalue weighted by molar-refractivity contribution is 5.41. The van der Waals surface area contributed by atoms with Crippen LogP contribution in [0.3, 0.4) is 0 Å². The SMILES string of the molecule is COCC(C)CNCC(O)c1cc(OC)ccc1OC. The fraction of sp³-hybridized carbons (Fsp3) is 0.600. The van der Waals surface area contributed by atoms with Crippen molar-refractivity contribution in [2.75, 3.05) is 41.0 Å². The molecule has 0 aliphatic rings. The molecule has 20 heavy (non-hydrogen) atoms. The van der Waals surface area contributed by atoms with Crippen LogP contribution in [0.1, 0.15) is 18.6 Å². The largest absolute Gasteiger partial charge is 0.497 e. The third-order valence-corrected chi connectivity index (χ3v) is 3.08. The Bertz CT molecular complexity index is 397. The number of methoxy groups -OCH3 is 3. The molecule has 2 N–H and O–H groups in total. The Morgan fingerprint density at radius 1 is 1.15 bits per heavy atom. The highest BCUT2D eigenvalue weighted by Gasteiger charge is 2.14. The first-order valence-electron chi connectivity index (χ1n) is 6.72. The van der Waals surface area contributed by atoms with Crippen molar-refractivity contribution >= 4 is 0 Å². The van der Waals surface area contributed by atoms with Gasteiger partial charge in [-0.05, 0) is 24.1 Å². The summed E-state index contributed by atoms with van der Waals surface area (Å²) >= 11 is 0. The molecule has 0 aromatic heterocycles. The Morgan fingerprint density at radius 2 is 1.90 bits per heavy atom. The maximum absolute atomic E-state index is 10.3. The summed E-state index contributed by atoms with van der Waals surface area (Å²) in [7, 11) is 4.88. The van der Waals surface area contributed by atoms with E-state index in [2.05, 4.69) is 12.2 Å². The molecule has 0 amide bonds. The van der Waals surface area contributed by atoms with Gasteiger partial charge in [0.1, 0.15) is 11.5 Å². The van der Waals surface area contributed by atoms with Crippen LogP contribution in [-0.4, -0.2) is 46.1 Å². The van der Waals surface area contributed by atoms with Crippen LogP contribution in [0, 0.1) is 5.92 Å². The zero-order chi connectivity index (χ0) is 15.0. The van der Waals surface area contributed by atoms with E-state index < -0.39 is 6.10 Å². The van der Waals surface area contributed by atoms with Crippen molar-refractivity contribution < 1.29 is 19.3 Å². The molecule has 2 unspecified atom stereocenters. The molecule has 114 valence electrons. The van der Waals surface area contributed by atoms with Gasteiger partial charge in [-0.25, -0.2) is 0 Å². The van der Waals surface area contributed by atoms with Crippen molar-refractivity contribution in [1.29, 1.82) is 0 Å². The van der Waals surface area contributed by atoms with Crippen molar-refractivity contribution in [3.8, 4) is 11.5 Å². The fourth-order valence-corrected chi connectivity index (χ4v) is 2.02. The number of benzene rings is 1. The summed E-state index contributed by atoms with van der Waals surface area (Å²) in [5, 5.41) is 13.5. The fourth-order valence-electron chi connectivity index (χ4n) is 2.02. The van der Waals surface area contributed by atoms with Crippen LogP contribution in [0.5, 0.6) is 11.5 Å². The standard InChI is InChI=1S/C15H25NO4/c1-11(10-18-2)8-16-9-14(17)13-7-12(19-3)5-6-15(13)20-4/h5-7,11,14,16-17H,8-10H2,1-4H3. The van der Waals surface area contributed by atoms with Gasteiger partial charge in [-0.2, -0.15) is 0 Å². The van der Waals surface area contributed by atoms with Gasteiger partial charge in [-0.1, -0.05) is 6.92 Å². The van der Waals surface area contributed by atoms with Crippen LogP contribution in [0.4, 0.5) is 0 Å². The first-order chi connectivity index (χ1) is 9.62. The Labute approximate surface area is 120 Å². The lowest BCUT2D eigenvalue weighted by Gasteiger charge is -2.18. The van der Waals surface area contributed by atoms with Crippen LogP contribution < -0.4 is 14.8 Å². The maximum Gasteiger partial charge on any atom is 0.124 e. The Morgan fingerprint density at radius 3 is 2.50 bits per heavy atom. The molecule has 0 saturated heterocycles. The zero-order valence-corrected chi connectivity index (χ0v) is 12.7. The molecular formula is C15H25NO4. The molecule has 0 bridgehead atoms. The molecule has 2 atom stereocenters. The number of nitrogens with one attached hydrogen (secondary N) is 1. The van der Waals surface area contributed by atoms with Gasteiger partial charge in [0.25, 0.3) is 0 Å². The van der Waals surface area contributed by atoms with E-state index in [-0.39, 0.29) is 0 Å². The van der Waals surface area contributed by atoms with E-state index in [0.717, 1.165) is 12.1 Å². The van der Waals surface area contributed by atoms with E-state index in [9.17, 15) is 5.11 Å². The third kappa shape index (κ3) is 5.00. The van der Waals surface area contributed by atoms with Gasteiger partial charge < -0.3 is 24.6 Å². The average Bonchev–Trinajstić information content (AvgIpc) is 2.46. The minimum atomic E-state index is -0.644. The summed E-state index contributed by atoms with van der Waals surface area (Å²) < 4.78 is 15.5. The van der Waals surface area contributed by atoms with Crippen molar-refractivity contribution in [2.24, 2.45) is 5.92 Å². The molecule has 0 aliphatic heterocycles. The first-order valence-corrected chi connectivity index (χ1v) is 6.72. The van der Waals surface area contributed by atoms with E-state index in [1.165, 1.54) is 0 Å². The molecular weight excluding hydrogens is 258 g/mol. The molecule has 0 heterocycles. The van der Waals surface area contributed by atoms with E-state index in [1.54, 1.807) is 33.5 Å². The summed E-state index contributed by atoms with van der Waals surface area (Å²) in [4.78, 5) is 0. The van der Waals surface area contributed by atoms with Crippen LogP contribution in [0.2, 0.25) is 0 Å². The lowest BCUT2D eigenvalue weighted by molar-refractivity contribution is 0.146. The monoisotopic (exact) mass is 283 g/mol. The predicted octanol–water partition coefficient (Wildman–Crippen LogP) is 1.61. The normalized spacial score (nSPS) is 13.8. The van der Waals surface area contributed by atoms with Gasteiger partial charge in [0.15, 0.2) is 0 Å². The Balaban J connectivity index is 2.59. The summed E-state index contributed by atoms with van der Waals surface area (Å²) in [6.07, 6.45) is -0.644. The minimum absolute atomic E-state index is 0.402. The number of ether oxygens (including phenoxy) is 3. The lowest BCUT2D eigenvalue weighted by Crippen LogP contribution is -2.28. The molecule has 1 aromatic carbocycles. The third-order valence-electron chi connectivity index (χ3n) is 3.08. The molecule has 5 heteroatoms. The van der Waals surface area contributed by atoms with Gasteiger partial charge in [0.05, 0.1) is 20.3 Å². The maximum atomic E-state index is 10.3. The Kier molecular flexibility index (Phi) is 7.36. The van der Waals surface area contributed by atoms with Crippen LogP contribution >= 0.6 is 0 Å². The smallest absolute Gasteiger partial charge is 0.124 e.